The predicted octanol–water partition coefficient (Wildman–Crippen LogP) is -2.23. The van der Waals surface area contributed by atoms with Gasteiger partial charge in [-0.05, 0) is 49.9 Å². The van der Waals surface area contributed by atoms with E-state index in [0.717, 1.165) is 5.69 Å². The van der Waals surface area contributed by atoms with Gasteiger partial charge in [-0.25, -0.2) is 5.43 Å². The van der Waals surface area contributed by atoms with E-state index in [-0.39, 0.29) is 57.6 Å². The van der Waals surface area contributed by atoms with Gasteiger partial charge in [0, 0.05) is 43.9 Å². The van der Waals surface area contributed by atoms with E-state index in [1.807, 2.05) is 0 Å². The number of amides is 4. The quantitative estimate of drug-likeness (QED) is 0.0349. The highest BCUT2D eigenvalue weighted by atomic mass is 16.5. The lowest BCUT2D eigenvalue weighted by atomic mass is 10.1. The van der Waals surface area contributed by atoms with Gasteiger partial charge in [-0.15, -0.1) is 0 Å². The molecule has 12 N–H and O–H groups in total. The monoisotopic (exact) mass is 596 g/mol. The number of hydrogen-bond donors (Lipinski definition) is 9. The van der Waals surface area contributed by atoms with Crippen LogP contribution < -0.4 is 44.0 Å². The number of benzene rings is 1. The maximum Gasteiger partial charge on any atom is 0.322 e. The van der Waals surface area contributed by atoms with Gasteiger partial charge in [-0.3, -0.25) is 29.8 Å². The highest BCUT2D eigenvalue weighted by molar-refractivity contribution is 5.94. The number of nitrogens with two attached hydrogens (primary N) is 3. The van der Waals surface area contributed by atoms with Crippen LogP contribution in [0.5, 0.6) is 0 Å². The molecule has 0 spiro atoms. The third-order valence-corrected chi connectivity index (χ3v) is 5.84. The summed E-state index contributed by atoms with van der Waals surface area (Å²) in [5.41, 5.74) is 14.4. The molecule has 4 amide bonds. The van der Waals surface area contributed by atoms with Gasteiger partial charge in [-0.1, -0.05) is 0 Å². The molecule has 0 aliphatic heterocycles. The van der Waals surface area contributed by atoms with E-state index in [2.05, 4.69) is 26.7 Å². The van der Waals surface area contributed by atoms with Gasteiger partial charge in [0.1, 0.15) is 18.7 Å². The second-order valence-electron chi connectivity index (χ2n) is 9.18. The first kappa shape index (κ1) is 36.2. The number of hydrogen-bond acceptors (Lipinski definition) is 11. The number of rotatable bonds is 24. The first-order valence-corrected chi connectivity index (χ1v) is 13.7. The van der Waals surface area contributed by atoms with Crippen molar-refractivity contribution in [1.82, 2.24) is 21.4 Å². The van der Waals surface area contributed by atoms with Crippen molar-refractivity contribution in [3.8, 4) is 0 Å². The summed E-state index contributed by atoms with van der Waals surface area (Å²) in [5, 5.41) is 19.9. The molecule has 1 aromatic rings. The number of carbonyl (C=O) groups excluding carboxylic acids is 4. The first-order valence-electron chi connectivity index (χ1n) is 13.7. The summed E-state index contributed by atoms with van der Waals surface area (Å²) >= 11 is 0. The molecule has 0 heterocycles. The van der Waals surface area contributed by atoms with Crippen LogP contribution in [0.1, 0.15) is 42.5 Å². The first-order chi connectivity index (χ1) is 20.2. The van der Waals surface area contributed by atoms with Crippen LogP contribution in [0.15, 0.2) is 24.3 Å². The van der Waals surface area contributed by atoms with Crippen LogP contribution in [-0.2, 0) is 28.7 Å². The number of ether oxygens (including phenoxy) is 2. The second kappa shape index (κ2) is 21.9. The number of anilines is 1. The van der Waals surface area contributed by atoms with E-state index < -0.39 is 29.9 Å². The molecule has 1 rings (SSSR count). The molecule has 0 saturated heterocycles. The summed E-state index contributed by atoms with van der Waals surface area (Å²) in [6.45, 7) is 1.95. The Bertz CT molecular complexity index is 980. The van der Waals surface area contributed by atoms with E-state index in [0.29, 0.717) is 44.5 Å². The molecule has 16 nitrogen and oxygen atoms in total. The summed E-state index contributed by atoms with van der Waals surface area (Å²) in [6.07, 6.45) is 1.49. The van der Waals surface area contributed by atoms with Crippen LogP contribution in [0.25, 0.3) is 0 Å². The fraction of sp³-hybridized carbons (Fsp3) is 0.577. The number of carboxylic acid groups (broad SMARTS) is 1. The Hall–Kier alpha value is -3.83. The number of primary amides is 1. The number of carbonyl (C=O) groups is 5. The average Bonchev–Trinajstić information content (AvgIpc) is 2.96. The van der Waals surface area contributed by atoms with Gasteiger partial charge < -0.3 is 47.3 Å². The van der Waals surface area contributed by atoms with Gasteiger partial charge in [-0.2, -0.15) is 0 Å². The van der Waals surface area contributed by atoms with Crippen LogP contribution in [0.3, 0.4) is 0 Å². The zero-order valence-corrected chi connectivity index (χ0v) is 23.7. The third-order valence-electron chi connectivity index (χ3n) is 5.84. The lowest BCUT2D eigenvalue weighted by Crippen LogP contribution is -2.45. The van der Waals surface area contributed by atoms with Crippen molar-refractivity contribution in [2.24, 2.45) is 17.3 Å². The van der Waals surface area contributed by atoms with Crippen LogP contribution >= 0.6 is 0 Å². The summed E-state index contributed by atoms with van der Waals surface area (Å²) in [4.78, 5) is 58.6. The standard InChI is InChI=1S/C26H44N8O8/c27-10-12-30-19-6-4-18(5-7-19)25(38)32-11-2-1-3-20(24(28)37)33-23(36)17-42-16-15-41-14-13-31-22(35)9-8-21(34-29)26(39)40/h4-7,20-21,30,34H,1-3,8-17,27,29H2,(H2,28,37)(H,31,35)(H,32,38)(H,33,36)(H,39,40)/t20-,21-/m0/s1. The summed E-state index contributed by atoms with van der Waals surface area (Å²) in [6, 6.07) is 5.17. The molecule has 0 saturated carbocycles. The van der Waals surface area contributed by atoms with Gasteiger partial charge in [0.05, 0.1) is 19.8 Å². The molecule has 0 radical (unpaired) electrons. The normalized spacial score (nSPS) is 12.1. The molecular formula is C26H44N8O8. The summed E-state index contributed by atoms with van der Waals surface area (Å²) in [7, 11) is 0. The molecule has 2 atom stereocenters. The Labute approximate surface area is 244 Å². The van der Waals surface area contributed by atoms with E-state index in [1.54, 1.807) is 24.3 Å². The van der Waals surface area contributed by atoms with Gasteiger partial charge in [0.2, 0.25) is 17.7 Å². The SMILES string of the molecule is NCCNc1ccc(C(=O)NCCCC[C@H](NC(=O)COCCOCCNC(=O)CC[C@H](NN)C(=O)O)C(N)=O)cc1. The van der Waals surface area contributed by atoms with Crippen LogP contribution in [0, 0.1) is 0 Å². The second-order valence-corrected chi connectivity index (χ2v) is 9.18. The number of hydrazine groups is 1. The lowest BCUT2D eigenvalue weighted by molar-refractivity contribution is -0.139. The molecule has 0 aromatic heterocycles. The smallest absolute Gasteiger partial charge is 0.322 e. The molecule has 42 heavy (non-hydrogen) atoms. The summed E-state index contributed by atoms with van der Waals surface area (Å²) < 4.78 is 10.5. The molecule has 0 aliphatic rings. The number of nitrogens with one attached hydrogen (secondary N) is 5. The Kier molecular flexibility index (Phi) is 18.8. The van der Waals surface area contributed by atoms with Crippen molar-refractivity contribution in [1.29, 1.82) is 0 Å². The van der Waals surface area contributed by atoms with Crippen LogP contribution in [0.4, 0.5) is 5.69 Å². The Morgan fingerprint density at radius 2 is 1.55 bits per heavy atom. The minimum atomic E-state index is -1.14. The van der Waals surface area contributed by atoms with E-state index in [1.165, 1.54) is 0 Å². The van der Waals surface area contributed by atoms with Crippen molar-refractivity contribution >= 4 is 35.3 Å². The molecule has 0 fully saturated rings. The number of aliphatic carboxylic acids is 1. The molecule has 0 bridgehead atoms. The number of unbranched alkanes of at least 4 members (excludes halogenated alkanes) is 1. The third kappa shape index (κ3) is 16.4. The Morgan fingerprint density at radius 1 is 0.833 bits per heavy atom. The number of carboxylic acids is 1. The van der Waals surface area contributed by atoms with E-state index in [9.17, 15) is 24.0 Å². The fourth-order valence-corrected chi connectivity index (χ4v) is 3.54. The minimum Gasteiger partial charge on any atom is -0.480 e. The van der Waals surface area contributed by atoms with Crippen molar-refractivity contribution in [2.75, 3.05) is 57.9 Å². The zero-order valence-electron chi connectivity index (χ0n) is 23.7. The van der Waals surface area contributed by atoms with Gasteiger partial charge >= 0.3 is 5.97 Å². The molecule has 236 valence electrons. The highest BCUT2D eigenvalue weighted by Gasteiger charge is 2.18. The van der Waals surface area contributed by atoms with Crippen LogP contribution in [-0.4, -0.2) is 99.4 Å². The minimum absolute atomic E-state index is 0.00800. The van der Waals surface area contributed by atoms with Crippen molar-refractivity contribution in [3.63, 3.8) is 0 Å². The predicted molar refractivity (Wildman–Crippen MR) is 154 cm³/mol. The van der Waals surface area contributed by atoms with E-state index in [4.69, 9.17) is 31.9 Å². The van der Waals surface area contributed by atoms with Crippen LogP contribution in [0.2, 0.25) is 0 Å². The lowest BCUT2D eigenvalue weighted by Gasteiger charge is -2.15. The molecule has 0 aliphatic carbocycles. The molecule has 0 unspecified atom stereocenters. The molecule has 16 heteroatoms. The van der Waals surface area contributed by atoms with Crippen molar-refractivity contribution < 1.29 is 38.6 Å². The Morgan fingerprint density at radius 3 is 2.19 bits per heavy atom. The van der Waals surface area contributed by atoms with Crippen molar-refractivity contribution in [2.45, 2.75) is 44.2 Å². The van der Waals surface area contributed by atoms with Crippen molar-refractivity contribution in [3.05, 3.63) is 29.8 Å². The maximum absolute atomic E-state index is 12.3. The largest absolute Gasteiger partial charge is 0.480 e. The van der Waals surface area contributed by atoms with Gasteiger partial charge in [0.25, 0.3) is 5.91 Å². The average molecular weight is 597 g/mol. The highest BCUT2D eigenvalue weighted by Crippen LogP contribution is 2.09. The molecule has 1 aromatic carbocycles. The zero-order chi connectivity index (χ0) is 31.2. The topological polar surface area (TPSA) is 262 Å². The summed E-state index contributed by atoms with van der Waals surface area (Å²) in [5.74, 6) is 2.25. The Balaban J connectivity index is 2.13. The maximum atomic E-state index is 12.3. The van der Waals surface area contributed by atoms with Gasteiger partial charge in [0.15, 0.2) is 0 Å². The molecular weight excluding hydrogens is 552 g/mol. The van der Waals surface area contributed by atoms with E-state index >= 15 is 0 Å². The fourth-order valence-electron chi connectivity index (χ4n) is 3.54.